The first-order valence-corrected chi connectivity index (χ1v) is 7.89. The quantitative estimate of drug-likeness (QED) is 0.750. The van der Waals surface area contributed by atoms with Crippen LogP contribution in [0.5, 0.6) is 0 Å². The summed E-state index contributed by atoms with van der Waals surface area (Å²) in [5, 5.41) is 0. The van der Waals surface area contributed by atoms with Crippen LogP contribution in [0, 0.1) is 5.41 Å². The van der Waals surface area contributed by atoms with Gasteiger partial charge in [0.2, 0.25) is 5.91 Å². The lowest BCUT2D eigenvalue weighted by Gasteiger charge is -2.42. The molecule has 120 valence electrons. The molecule has 0 radical (unpaired) electrons. The summed E-state index contributed by atoms with van der Waals surface area (Å²) in [7, 11) is 3.55. The number of rotatable bonds is 4. The molecular formula is C18H25NO3. The van der Waals surface area contributed by atoms with E-state index in [4.69, 9.17) is 0 Å². The Labute approximate surface area is 132 Å². The minimum atomic E-state index is -0.329. The Kier molecular flexibility index (Phi) is 4.41. The average molecular weight is 303 g/mol. The zero-order chi connectivity index (χ0) is 16.7. The fourth-order valence-corrected chi connectivity index (χ4v) is 3.47. The smallest absolute Gasteiger partial charge is 0.228 e. The number of Topliss-reactive ketones (excluding diaryl/α,β-unsaturated/α-hetero) is 2. The van der Waals surface area contributed by atoms with Gasteiger partial charge >= 0.3 is 0 Å². The molecule has 2 rings (SSSR count). The normalized spacial score (nSPS) is 21.1. The van der Waals surface area contributed by atoms with E-state index in [1.165, 1.54) is 0 Å². The van der Waals surface area contributed by atoms with Gasteiger partial charge in [-0.25, -0.2) is 0 Å². The van der Waals surface area contributed by atoms with Crippen molar-refractivity contribution < 1.29 is 14.4 Å². The van der Waals surface area contributed by atoms with Crippen LogP contribution in [0.4, 0.5) is 0 Å². The van der Waals surface area contributed by atoms with Crippen molar-refractivity contribution in [3.63, 3.8) is 0 Å². The minimum absolute atomic E-state index is 0.0265. The average Bonchev–Trinajstić information content (AvgIpc) is 2.44. The molecule has 0 bridgehead atoms. The molecule has 0 aromatic carbocycles. The fourth-order valence-electron chi connectivity index (χ4n) is 3.47. The number of hydrogen-bond donors (Lipinski definition) is 0. The molecule has 1 saturated carbocycles. The first-order chi connectivity index (χ1) is 10.2. The van der Waals surface area contributed by atoms with E-state index in [0.29, 0.717) is 35.1 Å². The van der Waals surface area contributed by atoms with E-state index in [-0.39, 0.29) is 22.9 Å². The monoisotopic (exact) mass is 303 g/mol. The van der Waals surface area contributed by atoms with E-state index < -0.39 is 0 Å². The number of hydrogen-bond acceptors (Lipinski definition) is 3. The second-order valence-electron chi connectivity index (χ2n) is 6.85. The lowest BCUT2D eigenvalue weighted by atomic mass is 9.64. The summed E-state index contributed by atoms with van der Waals surface area (Å²) in [4.78, 5) is 38.7. The van der Waals surface area contributed by atoms with Gasteiger partial charge in [0.05, 0.1) is 0 Å². The summed E-state index contributed by atoms with van der Waals surface area (Å²) >= 11 is 0. The number of carbonyl (C=O) groups excluding carboxylic acids is 3. The Hall–Kier alpha value is -1.71. The maximum Gasteiger partial charge on any atom is 0.228 e. The van der Waals surface area contributed by atoms with Crippen LogP contribution in [0.3, 0.4) is 0 Å². The molecule has 0 N–H and O–H groups in total. The lowest BCUT2D eigenvalue weighted by molar-refractivity contribution is -0.145. The Morgan fingerprint density at radius 2 is 1.55 bits per heavy atom. The maximum atomic E-state index is 12.5. The number of amides is 1. The number of allylic oxidation sites excluding steroid dienone is 4. The Morgan fingerprint density at radius 3 is 2.00 bits per heavy atom. The van der Waals surface area contributed by atoms with Crippen LogP contribution in [0.25, 0.3) is 0 Å². The second kappa shape index (κ2) is 5.82. The van der Waals surface area contributed by atoms with Crippen LogP contribution in [0.15, 0.2) is 22.3 Å². The Balaban J connectivity index is 2.19. The highest BCUT2D eigenvalue weighted by molar-refractivity contribution is 6.24. The molecule has 2 aliphatic carbocycles. The van der Waals surface area contributed by atoms with Crippen molar-refractivity contribution in [1.29, 1.82) is 0 Å². The molecule has 0 atom stereocenters. The van der Waals surface area contributed by atoms with E-state index in [1.54, 1.807) is 39.8 Å². The molecule has 1 fully saturated rings. The fraction of sp³-hybridized carbons (Fsp3) is 0.611. The van der Waals surface area contributed by atoms with Crippen molar-refractivity contribution in [2.24, 2.45) is 5.41 Å². The summed E-state index contributed by atoms with van der Waals surface area (Å²) < 4.78 is 0. The van der Waals surface area contributed by atoms with Crippen LogP contribution < -0.4 is 0 Å². The topological polar surface area (TPSA) is 54.5 Å². The number of carbonyl (C=O) groups is 3. The van der Waals surface area contributed by atoms with E-state index in [9.17, 15) is 14.4 Å². The Morgan fingerprint density at radius 1 is 1.00 bits per heavy atom. The highest BCUT2D eigenvalue weighted by Crippen LogP contribution is 2.47. The van der Waals surface area contributed by atoms with Gasteiger partial charge in [-0.2, -0.15) is 0 Å². The first-order valence-electron chi connectivity index (χ1n) is 7.89. The van der Waals surface area contributed by atoms with E-state index in [2.05, 4.69) is 0 Å². The number of nitrogens with zero attached hydrogens (tertiary/aromatic N) is 1. The lowest BCUT2D eigenvalue weighted by Crippen LogP contribution is -2.45. The summed E-state index contributed by atoms with van der Waals surface area (Å²) in [6, 6.07) is 0. The minimum Gasteiger partial charge on any atom is -0.348 e. The van der Waals surface area contributed by atoms with Gasteiger partial charge in [0.25, 0.3) is 0 Å². The van der Waals surface area contributed by atoms with Crippen molar-refractivity contribution in [2.75, 3.05) is 14.1 Å². The molecule has 0 aromatic rings. The van der Waals surface area contributed by atoms with Gasteiger partial charge in [0, 0.05) is 41.8 Å². The van der Waals surface area contributed by atoms with Gasteiger partial charge in [-0.1, -0.05) is 6.42 Å². The molecule has 0 spiro atoms. The molecule has 1 amide bonds. The van der Waals surface area contributed by atoms with Crippen molar-refractivity contribution in [3.8, 4) is 0 Å². The van der Waals surface area contributed by atoms with Crippen LogP contribution in [0.2, 0.25) is 0 Å². The van der Waals surface area contributed by atoms with Gasteiger partial charge in [0.1, 0.15) is 0 Å². The molecule has 0 aromatic heterocycles. The zero-order valence-electron chi connectivity index (χ0n) is 14.2. The van der Waals surface area contributed by atoms with Gasteiger partial charge in [-0.15, -0.1) is 0 Å². The van der Waals surface area contributed by atoms with Crippen molar-refractivity contribution in [1.82, 2.24) is 4.90 Å². The standard InChI is InChI=1S/C18H25NO3/c1-11-12(2)16(21)14(13(3)15(11)20)7-10-18(8-6-9-18)17(22)19(4)5/h6-10H2,1-5H3. The third-order valence-corrected chi connectivity index (χ3v) is 5.34. The molecule has 0 saturated heterocycles. The number of ketones is 2. The van der Waals surface area contributed by atoms with Crippen LogP contribution in [0.1, 0.15) is 52.9 Å². The van der Waals surface area contributed by atoms with E-state index >= 15 is 0 Å². The third kappa shape index (κ3) is 2.55. The molecule has 0 heterocycles. The molecule has 2 aliphatic rings. The first kappa shape index (κ1) is 16.7. The predicted molar refractivity (Wildman–Crippen MR) is 85.3 cm³/mol. The summed E-state index contributed by atoms with van der Waals surface area (Å²) in [6.45, 7) is 5.15. The van der Waals surface area contributed by atoms with E-state index in [0.717, 1.165) is 19.3 Å². The van der Waals surface area contributed by atoms with Gasteiger partial charge in [-0.3, -0.25) is 14.4 Å². The van der Waals surface area contributed by atoms with E-state index in [1.807, 2.05) is 0 Å². The molecule has 22 heavy (non-hydrogen) atoms. The van der Waals surface area contributed by atoms with Crippen LogP contribution in [-0.4, -0.2) is 36.5 Å². The molecule has 4 nitrogen and oxygen atoms in total. The van der Waals surface area contributed by atoms with Gasteiger partial charge in [-0.05, 0) is 46.5 Å². The SMILES string of the molecule is CC1=C(C)C(=O)C(CCC2(C(=O)N(C)C)CCC2)=C(C)C1=O. The van der Waals surface area contributed by atoms with Gasteiger partial charge < -0.3 is 4.90 Å². The van der Waals surface area contributed by atoms with Crippen LogP contribution in [-0.2, 0) is 14.4 Å². The second-order valence-corrected chi connectivity index (χ2v) is 6.85. The highest BCUT2D eigenvalue weighted by Gasteiger charge is 2.45. The predicted octanol–water partition coefficient (Wildman–Crippen LogP) is 2.83. The molecule has 0 aliphatic heterocycles. The third-order valence-electron chi connectivity index (χ3n) is 5.34. The van der Waals surface area contributed by atoms with Gasteiger partial charge in [0.15, 0.2) is 11.6 Å². The zero-order valence-corrected chi connectivity index (χ0v) is 14.2. The van der Waals surface area contributed by atoms with Crippen molar-refractivity contribution >= 4 is 17.5 Å². The van der Waals surface area contributed by atoms with Crippen LogP contribution >= 0.6 is 0 Å². The Bertz CT molecular complexity index is 604. The summed E-state index contributed by atoms with van der Waals surface area (Å²) in [5.74, 6) is 0.0881. The summed E-state index contributed by atoms with van der Waals surface area (Å²) in [6.07, 6.45) is 3.99. The van der Waals surface area contributed by atoms with Crippen molar-refractivity contribution in [3.05, 3.63) is 22.3 Å². The molecular weight excluding hydrogens is 278 g/mol. The molecule has 0 unspecified atom stereocenters. The summed E-state index contributed by atoms with van der Waals surface area (Å²) in [5.41, 5.74) is 1.93. The largest absolute Gasteiger partial charge is 0.348 e. The maximum absolute atomic E-state index is 12.5. The molecule has 4 heteroatoms. The highest BCUT2D eigenvalue weighted by atomic mass is 16.2. The van der Waals surface area contributed by atoms with Crippen molar-refractivity contribution in [2.45, 2.75) is 52.9 Å².